The molecule has 1 spiro atoms. The highest BCUT2D eigenvalue weighted by Gasteiger charge is 2.57. The van der Waals surface area contributed by atoms with Gasteiger partial charge >= 0.3 is 0 Å². The highest BCUT2D eigenvalue weighted by Crippen LogP contribution is 2.58. The molecule has 1 saturated carbocycles. The summed E-state index contributed by atoms with van der Waals surface area (Å²) in [6.07, 6.45) is 4.69. The molecule has 1 saturated heterocycles. The predicted octanol–water partition coefficient (Wildman–Crippen LogP) is 1.67. The largest absolute Gasteiger partial charge is 0.317 e. The van der Waals surface area contributed by atoms with Crippen molar-refractivity contribution in [1.82, 2.24) is 10.3 Å². The Hall–Kier alpha value is -1.27. The topological polar surface area (TPSA) is 71.1 Å². The number of nitrogens with zero attached hydrogens (tertiary/aromatic N) is 1. The van der Waals surface area contributed by atoms with Crippen LogP contribution in [0.5, 0.6) is 0 Å². The molecular formula is C13H17N3O2S. The summed E-state index contributed by atoms with van der Waals surface area (Å²) >= 11 is 1.24. The fourth-order valence-corrected chi connectivity index (χ4v) is 3.60. The fourth-order valence-electron chi connectivity index (χ4n) is 2.88. The van der Waals surface area contributed by atoms with Crippen molar-refractivity contribution in [2.45, 2.75) is 26.2 Å². The van der Waals surface area contributed by atoms with E-state index < -0.39 is 0 Å². The van der Waals surface area contributed by atoms with Crippen LogP contribution in [0.3, 0.4) is 0 Å². The number of ketones is 1. The molecule has 0 aromatic carbocycles. The first-order valence-corrected chi connectivity index (χ1v) is 7.41. The van der Waals surface area contributed by atoms with Gasteiger partial charge in [-0.2, -0.15) is 0 Å². The zero-order chi connectivity index (χ0) is 13.5. The van der Waals surface area contributed by atoms with Gasteiger partial charge in [-0.1, -0.05) is 11.3 Å². The molecule has 1 atom stereocenters. The lowest BCUT2D eigenvalue weighted by molar-refractivity contribution is -0.118. The van der Waals surface area contributed by atoms with E-state index >= 15 is 0 Å². The summed E-state index contributed by atoms with van der Waals surface area (Å²) in [6.45, 7) is 3.52. The van der Waals surface area contributed by atoms with Crippen molar-refractivity contribution in [3.8, 4) is 0 Å². The Morgan fingerprint density at radius 2 is 2.21 bits per heavy atom. The van der Waals surface area contributed by atoms with Crippen molar-refractivity contribution >= 4 is 28.2 Å². The van der Waals surface area contributed by atoms with E-state index in [2.05, 4.69) is 15.6 Å². The van der Waals surface area contributed by atoms with Crippen LogP contribution >= 0.6 is 11.3 Å². The molecule has 5 nitrogen and oxygen atoms in total. The van der Waals surface area contributed by atoms with Crippen LogP contribution in [-0.4, -0.2) is 29.8 Å². The average Bonchev–Trinajstić information content (AvgIpc) is 2.86. The molecule has 102 valence electrons. The summed E-state index contributed by atoms with van der Waals surface area (Å²) in [7, 11) is 0. The Labute approximate surface area is 115 Å². The van der Waals surface area contributed by atoms with Crippen LogP contribution in [0.2, 0.25) is 0 Å². The number of hydrogen-bond acceptors (Lipinski definition) is 5. The number of nitrogens with one attached hydrogen (secondary N) is 2. The van der Waals surface area contributed by atoms with Crippen LogP contribution in [0, 0.1) is 11.3 Å². The minimum atomic E-state index is -0.0146. The molecule has 1 aromatic rings. The number of rotatable bonds is 3. The van der Waals surface area contributed by atoms with Crippen LogP contribution in [0.1, 0.15) is 35.9 Å². The summed E-state index contributed by atoms with van der Waals surface area (Å²) < 4.78 is 0. The van der Waals surface area contributed by atoms with E-state index in [1.54, 1.807) is 0 Å². The molecule has 1 amide bonds. The van der Waals surface area contributed by atoms with Crippen LogP contribution in [0.4, 0.5) is 5.13 Å². The fraction of sp³-hybridized carbons (Fsp3) is 0.615. The van der Waals surface area contributed by atoms with Crippen molar-refractivity contribution in [1.29, 1.82) is 0 Å². The average molecular weight is 279 g/mol. The number of amides is 1. The van der Waals surface area contributed by atoms with Gasteiger partial charge in [0.05, 0.1) is 11.1 Å². The maximum Gasteiger partial charge on any atom is 0.229 e. The lowest BCUT2D eigenvalue weighted by Gasteiger charge is -2.22. The monoisotopic (exact) mass is 279 g/mol. The van der Waals surface area contributed by atoms with E-state index in [-0.39, 0.29) is 23.0 Å². The third-order valence-electron chi connectivity index (χ3n) is 4.19. The first-order valence-electron chi connectivity index (χ1n) is 6.59. The molecule has 1 aromatic heterocycles. The van der Waals surface area contributed by atoms with Gasteiger partial charge in [0.25, 0.3) is 0 Å². The van der Waals surface area contributed by atoms with Gasteiger partial charge in [-0.05, 0) is 37.8 Å². The molecule has 1 aliphatic carbocycles. The van der Waals surface area contributed by atoms with Gasteiger partial charge in [0.2, 0.25) is 5.91 Å². The summed E-state index contributed by atoms with van der Waals surface area (Å²) in [5.41, 5.74) is 0.232. The third kappa shape index (κ3) is 2.42. The van der Waals surface area contributed by atoms with E-state index in [1.165, 1.54) is 24.5 Å². The van der Waals surface area contributed by atoms with Gasteiger partial charge in [-0.25, -0.2) is 4.98 Å². The highest BCUT2D eigenvalue weighted by atomic mass is 32.1. The van der Waals surface area contributed by atoms with Crippen molar-refractivity contribution in [3.63, 3.8) is 0 Å². The van der Waals surface area contributed by atoms with Crippen LogP contribution in [-0.2, 0) is 4.79 Å². The molecule has 2 N–H and O–H groups in total. The number of anilines is 1. The normalized spacial score (nSPS) is 24.2. The zero-order valence-corrected chi connectivity index (χ0v) is 11.7. The summed E-state index contributed by atoms with van der Waals surface area (Å²) in [6, 6.07) is 0. The van der Waals surface area contributed by atoms with Crippen LogP contribution in [0.25, 0.3) is 0 Å². The molecule has 2 aliphatic rings. The van der Waals surface area contributed by atoms with E-state index in [1.807, 2.05) is 0 Å². The molecule has 1 aliphatic heterocycles. The van der Waals surface area contributed by atoms with E-state index in [4.69, 9.17) is 0 Å². The van der Waals surface area contributed by atoms with Crippen molar-refractivity contribution in [2.24, 2.45) is 11.3 Å². The molecule has 2 heterocycles. The maximum atomic E-state index is 12.2. The van der Waals surface area contributed by atoms with Gasteiger partial charge in [-0.3, -0.25) is 9.59 Å². The summed E-state index contributed by atoms with van der Waals surface area (Å²) in [4.78, 5) is 28.0. The lowest BCUT2D eigenvalue weighted by Crippen LogP contribution is -2.31. The third-order valence-corrected chi connectivity index (χ3v) is 5.20. The van der Waals surface area contributed by atoms with E-state index in [0.717, 1.165) is 32.4 Å². The Morgan fingerprint density at radius 1 is 1.47 bits per heavy atom. The van der Waals surface area contributed by atoms with E-state index in [9.17, 15) is 9.59 Å². The molecule has 19 heavy (non-hydrogen) atoms. The molecule has 3 rings (SSSR count). The predicted molar refractivity (Wildman–Crippen MR) is 73.4 cm³/mol. The first kappa shape index (κ1) is 12.7. The second-order valence-corrected chi connectivity index (χ2v) is 6.47. The van der Waals surface area contributed by atoms with Gasteiger partial charge in [0, 0.05) is 12.8 Å². The van der Waals surface area contributed by atoms with Crippen molar-refractivity contribution in [3.05, 3.63) is 11.1 Å². The number of piperidine rings is 1. The quantitative estimate of drug-likeness (QED) is 0.826. The molecule has 0 radical (unpaired) electrons. The maximum absolute atomic E-state index is 12.2. The SMILES string of the molecule is CC(=O)c1cnc(NC(=O)C2CC23CCNCC3)s1. The molecule has 1 unspecified atom stereocenters. The number of carbonyl (C=O) groups is 2. The van der Waals surface area contributed by atoms with E-state index in [0.29, 0.717) is 10.0 Å². The number of Topliss-reactive ketones (excluding diaryl/α,β-unsaturated/α-hetero) is 1. The molecule has 6 heteroatoms. The number of hydrogen-bond donors (Lipinski definition) is 2. The van der Waals surface area contributed by atoms with Crippen molar-refractivity contribution in [2.75, 3.05) is 18.4 Å². The van der Waals surface area contributed by atoms with Crippen LogP contribution < -0.4 is 10.6 Å². The van der Waals surface area contributed by atoms with Crippen molar-refractivity contribution < 1.29 is 9.59 Å². The summed E-state index contributed by atoms with van der Waals surface area (Å²) in [5.74, 6) is 0.171. The van der Waals surface area contributed by atoms with Gasteiger partial charge < -0.3 is 10.6 Å². The Bertz CT molecular complexity index is 520. The van der Waals surface area contributed by atoms with Crippen LogP contribution in [0.15, 0.2) is 6.20 Å². The lowest BCUT2D eigenvalue weighted by atomic mass is 9.92. The minimum absolute atomic E-state index is 0.0146. The Kier molecular flexibility index (Phi) is 3.14. The van der Waals surface area contributed by atoms with Gasteiger partial charge in [-0.15, -0.1) is 0 Å². The number of thiazole rings is 1. The number of carbonyl (C=O) groups excluding carboxylic acids is 2. The molecule has 0 bridgehead atoms. The highest BCUT2D eigenvalue weighted by molar-refractivity contribution is 7.17. The first-order chi connectivity index (χ1) is 9.11. The summed E-state index contributed by atoms with van der Waals surface area (Å²) in [5, 5.41) is 6.71. The van der Waals surface area contributed by atoms with Gasteiger partial charge in [0.15, 0.2) is 10.9 Å². The molecule has 2 fully saturated rings. The van der Waals surface area contributed by atoms with Gasteiger partial charge in [0.1, 0.15) is 0 Å². The molecular weight excluding hydrogens is 262 g/mol. The standard InChI is InChI=1S/C13H17N3O2S/c1-8(17)10-7-15-12(19-10)16-11(18)9-6-13(9)2-4-14-5-3-13/h7,9,14H,2-6H2,1H3,(H,15,16,18). The number of aromatic nitrogens is 1. The Balaban J connectivity index is 1.61. The Morgan fingerprint density at radius 3 is 2.84 bits per heavy atom. The zero-order valence-electron chi connectivity index (χ0n) is 10.9. The second kappa shape index (κ2) is 4.68. The minimum Gasteiger partial charge on any atom is -0.317 e. The smallest absolute Gasteiger partial charge is 0.229 e. The second-order valence-electron chi connectivity index (χ2n) is 5.44.